The SMILES string of the molecule is Cc1cc(=O)cc(C(=O)N(C)CCc2noc(C(F)(F)F)n2)o1. The van der Waals surface area contributed by atoms with Gasteiger partial charge in [-0.15, -0.1) is 0 Å². The predicted molar refractivity (Wildman–Crippen MR) is 69.7 cm³/mol. The molecule has 0 atom stereocenters. The second-order valence-electron chi connectivity index (χ2n) is 4.76. The van der Waals surface area contributed by atoms with Crippen molar-refractivity contribution in [2.45, 2.75) is 19.5 Å². The summed E-state index contributed by atoms with van der Waals surface area (Å²) in [6.07, 6.45) is -4.75. The summed E-state index contributed by atoms with van der Waals surface area (Å²) in [7, 11) is 1.41. The van der Waals surface area contributed by atoms with Crippen molar-refractivity contribution in [2.75, 3.05) is 13.6 Å². The molecule has 0 unspecified atom stereocenters. The zero-order valence-electron chi connectivity index (χ0n) is 12.2. The zero-order chi connectivity index (χ0) is 17.2. The van der Waals surface area contributed by atoms with Gasteiger partial charge in [0.2, 0.25) is 0 Å². The minimum absolute atomic E-state index is 0.0211. The molecule has 7 nitrogen and oxygen atoms in total. The van der Waals surface area contributed by atoms with Crippen LogP contribution >= 0.6 is 0 Å². The van der Waals surface area contributed by atoms with Crippen LogP contribution in [0.4, 0.5) is 13.2 Å². The molecule has 0 saturated carbocycles. The molecular weight excluding hydrogens is 319 g/mol. The van der Waals surface area contributed by atoms with Gasteiger partial charge in [-0.1, -0.05) is 5.16 Å². The van der Waals surface area contributed by atoms with Crippen LogP contribution in [0, 0.1) is 6.92 Å². The number of nitrogens with zero attached hydrogens (tertiary/aromatic N) is 3. The van der Waals surface area contributed by atoms with Gasteiger partial charge in [0.15, 0.2) is 17.0 Å². The Labute approximate surface area is 127 Å². The molecule has 0 aromatic carbocycles. The highest BCUT2D eigenvalue weighted by molar-refractivity contribution is 5.91. The fourth-order valence-corrected chi connectivity index (χ4v) is 1.74. The van der Waals surface area contributed by atoms with Gasteiger partial charge in [0, 0.05) is 32.1 Å². The second kappa shape index (κ2) is 6.23. The quantitative estimate of drug-likeness (QED) is 0.846. The highest BCUT2D eigenvalue weighted by Gasteiger charge is 2.38. The van der Waals surface area contributed by atoms with Crippen molar-refractivity contribution in [2.24, 2.45) is 0 Å². The Hall–Kier alpha value is -2.65. The van der Waals surface area contributed by atoms with Gasteiger partial charge in [0.25, 0.3) is 5.91 Å². The molecule has 0 bridgehead atoms. The van der Waals surface area contributed by atoms with E-state index in [1.165, 1.54) is 24.9 Å². The summed E-state index contributed by atoms with van der Waals surface area (Å²) >= 11 is 0. The van der Waals surface area contributed by atoms with E-state index in [9.17, 15) is 22.8 Å². The number of rotatable bonds is 4. The van der Waals surface area contributed by atoms with Gasteiger partial charge in [0.05, 0.1) is 0 Å². The monoisotopic (exact) mass is 331 g/mol. The van der Waals surface area contributed by atoms with E-state index < -0.39 is 18.0 Å². The Morgan fingerprint density at radius 3 is 2.61 bits per heavy atom. The number of aromatic nitrogens is 2. The van der Waals surface area contributed by atoms with Gasteiger partial charge in [-0.25, -0.2) is 0 Å². The third-order valence-corrected chi connectivity index (χ3v) is 2.83. The molecule has 2 heterocycles. The fourth-order valence-electron chi connectivity index (χ4n) is 1.74. The molecule has 0 saturated heterocycles. The van der Waals surface area contributed by atoms with E-state index in [4.69, 9.17) is 4.42 Å². The molecule has 0 fully saturated rings. The molecule has 2 rings (SSSR count). The van der Waals surface area contributed by atoms with Gasteiger partial charge in [-0.05, 0) is 6.92 Å². The summed E-state index contributed by atoms with van der Waals surface area (Å²) in [5, 5.41) is 3.20. The van der Waals surface area contributed by atoms with Crippen molar-refractivity contribution in [3.63, 3.8) is 0 Å². The Morgan fingerprint density at radius 2 is 2.04 bits per heavy atom. The summed E-state index contributed by atoms with van der Waals surface area (Å²) in [4.78, 5) is 27.8. The van der Waals surface area contributed by atoms with Gasteiger partial charge < -0.3 is 13.8 Å². The Balaban J connectivity index is 2.01. The lowest BCUT2D eigenvalue weighted by Gasteiger charge is -2.15. The van der Waals surface area contributed by atoms with E-state index in [0.717, 1.165) is 6.07 Å². The first-order valence-corrected chi connectivity index (χ1v) is 6.44. The van der Waals surface area contributed by atoms with Crippen molar-refractivity contribution in [1.82, 2.24) is 15.0 Å². The molecule has 124 valence electrons. The summed E-state index contributed by atoms with van der Waals surface area (Å²) in [5.41, 5.74) is -0.376. The summed E-state index contributed by atoms with van der Waals surface area (Å²) in [5.74, 6) is -2.07. The first-order valence-electron chi connectivity index (χ1n) is 6.44. The molecule has 23 heavy (non-hydrogen) atoms. The second-order valence-corrected chi connectivity index (χ2v) is 4.76. The topological polar surface area (TPSA) is 89.4 Å². The first kappa shape index (κ1) is 16.7. The maximum atomic E-state index is 12.3. The van der Waals surface area contributed by atoms with E-state index in [-0.39, 0.29) is 35.7 Å². The summed E-state index contributed by atoms with van der Waals surface area (Å²) < 4.78 is 46.2. The molecule has 0 N–H and O–H groups in total. The van der Waals surface area contributed by atoms with E-state index in [1.54, 1.807) is 0 Å². The van der Waals surface area contributed by atoms with Gasteiger partial charge >= 0.3 is 12.1 Å². The van der Waals surface area contributed by atoms with Gasteiger partial charge in [0.1, 0.15) is 5.76 Å². The molecule has 0 aliphatic rings. The third-order valence-electron chi connectivity index (χ3n) is 2.83. The van der Waals surface area contributed by atoms with Crippen molar-refractivity contribution < 1.29 is 26.9 Å². The van der Waals surface area contributed by atoms with Crippen LogP contribution in [-0.4, -0.2) is 34.5 Å². The average molecular weight is 331 g/mol. The van der Waals surface area contributed by atoms with Crippen molar-refractivity contribution >= 4 is 5.91 Å². The van der Waals surface area contributed by atoms with Crippen LogP contribution in [0.2, 0.25) is 0 Å². The molecule has 1 amide bonds. The fraction of sp³-hybridized carbons (Fsp3) is 0.385. The molecule has 0 radical (unpaired) electrons. The number of alkyl halides is 3. The molecule has 0 aliphatic heterocycles. The van der Waals surface area contributed by atoms with Crippen molar-refractivity contribution in [3.05, 3.63) is 45.6 Å². The zero-order valence-corrected chi connectivity index (χ0v) is 12.2. The van der Waals surface area contributed by atoms with Gasteiger partial charge in [-0.3, -0.25) is 9.59 Å². The third kappa shape index (κ3) is 4.18. The lowest BCUT2D eigenvalue weighted by Crippen LogP contribution is -2.29. The van der Waals surface area contributed by atoms with Crippen LogP contribution in [-0.2, 0) is 12.6 Å². The normalized spacial score (nSPS) is 11.5. The average Bonchev–Trinajstić information content (AvgIpc) is 2.91. The maximum absolute atomic E-state index is 12.3. The minimum atomic E-state index is -4.71. The number of halogens is 3. The van der Waals surface area contributed by atoms with E-state index >= 15 is 0 Å². The summed E-state index contributed by atoms with van der Waals surface area (Å²) in [6, 6.07) is 2.27. The number of hydrogen-bond acceptors (Lipinski definition) is 6. The highest BCUT2D eigenvalue weighted by Crippen LogP contribution is 2.27. The lowest BCUT2D eigenvalue weighted by molar-refractivity contribution is -0.159. The van der Waals surface area contributed by atoms with Gasteiger partial charge in [-0.2, -0.15) is 18.2 Å². The Kier molecular flexibility index (Phi) is 4.52. The van der Waals surface area contributed by atoms with Crippen LogP contribution in [0.3, 0.4) is 0 Å². The standard InChI is InChI=1S/C13H12F3N3O4/c1-7-5-8(20)6-9(22-7)11(21)19(2)4-3-10-17-12(23-18-10)13(14,15)16/h5-6H,3-4H2,1-2H3. The maximum Gasteiger partial charge on any atom is 0.471 e. The predicted octanol–water partition coefficient (Wildman–Crippen LogP) is 1.66. The first-order chi connectivity index (χ1) is 10.7. The van der Waals surface area contributed by atoms with Crippen LogP contribution < -0.4 is 5.43 Å². The Bertz CT molecular complexity index is 766. The molecule has 0 spiro atoms. The Morgan fingerprint density at radius 1 is 1.35 bits per heavy atom. The number of aryl methyl sites for hydroxylation is 1. The van der Waals surface area contributed by atoms with Crippen LogP contribution in [0.15, 0.2) is 25.9 Å². The molecular formula is C13H12F3N3O4. The molecule has 10 heteroatoms. The van der Waals surface area contributed by atoms with Crippen LogP contribution in [0.25, 0.3) is 0 Å². The molecule has 0 aliphatic carbocycles. The lowest BCUT2D eigenvalue weighted by atomic mass is 10.3. The number of carbonyl (C=O) groups is 1. The van der Waals surface area contributed by atoms with E-state index in [0.29, 0.717) is 0 Å². The minimum Gasteiger partial charge on any atom is -0.456 e. The number of amides is 1. The number of likely N-dealkylation sites (N-methyl/N-ethyl adjacent to an activating group) is 1. The largest absolute Gasteiger partial charge is 0.471 e. The van der Waals surface area contributed by atoms with E-state index in [2.05, 4.69) is 14.7 Å². The highest BCUT2D eigenvalue weighted by atomic mass is 19.4. The summed E-state index contributed by atoms with van der Waals surface area (Å²) in [6.45, 7) is 1.55. The van der Waals surface area contributed by atoms with Crippen LogP contribution in [0.1, 0.15) is 28.0 Å². The molecule has 2 aromatic rings. The van der Waals surface area contributed by atoms with Crippen LogP contribution in [0.5, 0.6) is 0 Å². The molecule has 2 aromatic heterocycles. The van der Waals surface area contributed by atoms with Crippen molar-refractivity contribution in [3.8, 4) is 0 Å². The number of carbonyl (C=O) groups excluding carboxylic acids is 1. The van der Waals surface area contributed by atoms with Crippen molar-refractivity contribution in [1.29, 1.82) is 0 Å². The van der Waals surface area contributed by atoms with E-state index in [1.807, 2.05) is 0 Å². The smallest absolute Gasteiger partial charge is 0.456 e. The number of hydrogen-bond donors (Lipinski definition) is 0.